The zero-order valence-corrected chi connectivity index (χ0v) is 12.1. The highest BCUT2D eigenvalue weighted by Crippen LogP contribution is 2.29. The normalized spacial score (nSPS) is 10.2. The molecule has 2 aromatic heterocycles. The largest absolute Gasteiger partial charge is 0.495 e. The van der Waals surface area contributed by atoms with Crippen LogP contribution >= 0.6 is 22.7 Å². The van der Waals surface area contributed by atoms with E-state index in [0.29, 0.717) is 15.5 Å². The summed E-state index contributed by atoms with van der Waals surface area (Å²) in [6, 6.07) is 5.26. The third-order valence-corrected chi connectivity index (χ3v) is 4.47. The van der Waals surface area contributed by atoms with Gasteiger partial charge < -0.3 is 9.47 Å². The first-order valence-corrected chi connectivity index (χ1v) is 7.17. The van der Waals surface area contributed by atoms with Gasteiger partial charge in [0, 0.05) is 4.88 Å². The van der Waals surface area contributed by atoms with Gasteiger partial charge in [0.1, 0.15) is 10.6 Å². The predicted molar refractivity (Wildman–Crippen MR) is 74.3 cm³/mol. The Labute approximate surface area is 118 Å². The Bertz CT molecular complexity index is 597. The van der Waals surface area contributed by atoms with E-state index < -0.39 is 0 Å². The van der Waals surface area contributed by atoms with Crippen LogP contribution in [0.3, 0.4) is 0 Å². The Morgan fingerprint density at radius 2 is 2.00 bits per heavy atom. The van der Waals surface area contributed by atoms with Gasteiger partial charge in [-0.2, -0.15) is 0 Å². The highest BCUT2D eigenvalue weighted by Gasteiger charge is 2.18. The summed E-state index contributed by atoms with van der Waals surface area (Å²) in [5.74, 6) is 0.195. The maximum atomic E-state index is 12.3. The molecule has 0 aliphatic carbocycles. The summed E-state index contributed by atoms with van der Waals surface area (Å²) in [5.41, 5.74) is 0. The number of hydrogen-bond donors (Lipinski definition) is 0. The van der Waals surface area contributed by atoms with Gasteiger partial charge >= 0.3 is 5.97 Å². The number of carbonyl (C=O) groups excluding carboxylic acids is 2. The Hall–Kier alpha value is -1.66. The molecule has 0 aliphatic rings. The minimum Gasteiger partial charge on any atom is -0.495 e. The van der Waals surface area contributed by atoms with Gasteiger partial charge in [-0.15, -0.1) is 22.7 Å². The third-order valence-electron chi connectivity index (χ3n) is 2.49. The smallest absolute Gasteiger partial charge is 0.310 e. The second-order valence-electron chi connectivity index (χ2n) is 3.67. The van der Waals surface area contributed by atoms with Crippen LogP contribution in [0.4, 0.5) is 0 Å². The second-order valence-corrected chi connectivity index (χ2v) is 5.75. The van der Waals surface area contributed by atoms with Crippen molar-refractivity contribution in [3.63, 3.8) is 0 Å². The first-order valence-electron chi connectivity index (χ1n) is 5.47. The van der Waals surface area contributed by atoms with Gasteiger partial charge in [-0.25, -0.2) is 0 Å². The van der Waals surface area contributed by atoms with Crippen LogP contribution in [-0.4, -0.2) is 26.0 Å². The van der Waals surface area contributed by atoms with Gasteiger partial charge in [0.15, 0.2) is 0 Å². The Morgan fingerprint density at radius 1 is 1.21 bits per heavy atom. The molecule has 2 heterocycles. The van der Waals surface area contributed by atoms with E-state index in [-0.39, 0.29) is 18.2 Å². The number of carbonyl (C=O) groups is 2. The molecule has 0 N–H and O–H groups in total. The van der Waals surface area contributed by atoms with Crippen molar-refractivity contribution < 1.29 is 19.1 Å². The average Bonchev–Trinajstić information content (AvgIpc) is 3.06. The Balaban J connectivity index is 2.19. The van der Waals surface area contributed by atoms with E-state index in [1.165, 1.54) is 36.9 Å². The number of thiophene rings is 2. The summed E-state index contributed by atoms with van der Waals surface area (Å²) in [6.45, 7) is 0. The molecule has 2 aromatic rings. The highest BCUT2D eigenvalue weighted by atomic mass is 32.1. The van der Waals surface area contributed by atoms with Crippen LogP contribution in [-0.2, 0) is 16.0 Å². The van der Waals surface area contributed by atoms with E-state index >= 15 is 0 Å². The zero-order chi connectivity index (χ0) is 13.8. The van der Waals surface area contributed by atoms with Gasteiger partial charge in [0.05, 0.1) is 25.5 Å². The summed E-state index contributed by atoms with van der Waals surface area (Å²) in [7, 11) is 2.88. The molecule has 100 valence electrons. The fourth-order valence-electron chi connectivity index (χ4n) is 1.55. The molecule has 0 fully saturated rings. The summed E-state index contributed by atoms with van der Waals surface area (Å²) in [4.78, 5) is 25.4. The van der Waals surface area contributed by atoms with E-state index in [9.17, 15) is 9.59 Å². The monoisotopic (exact) mass is 296 g/mol. The molecular formula is C13H12O4S2. The SMILES string of the molecule is COC(=O)Cc1ccc(C(=O)c2sccc2OC)s1. The molecule has 2 rings (SSSR count). The van der Waals surface area contributed by atoms with Crippen LogP contribution in [0.1, 0.15) is 19.4 Å². The maximum Gasteiger partial charge on any atom is 0.310 e. The molecule has 0 amide bonds. The molecule has 0 aromatic carbocycles. The lowest BCUT2D eigenvalue weighted by atomic mass is 10.2. The number of methoxy groups -OCH3 is 2. The lowest BCUT2D eigenvalue weighted by molar-refractivity contribution is -0.139. The number of rotatable bonds is 5. The molecule has 0 saturated carbocycles. The van der Waals surface area contributed by atoms with Crippen molar-refractivity contribution >= 4 is 34.4 Å². The van der Waals surface area contributed by atoms with Gasteiger partial charge in [-0.1, -0.05) is 0 Å². The van der Waals surface area contributed by atoms with E-state index in [1.807, 2.05) is 5.38 Å². The molecule has 19 heavy (non-hydrogen) atoms. The Morgan fingerprint density at radius 3 is 2.68 bits per heavy atom. The lowest BCUT2D eigenvalue weighted by Gasteiger charge is -1.99. The fraction of sp³-hybridized carbons (Fsp3) is 0.231. The topological polar surface area (TPSA) is 52.6 Å². The van der Waals surface area contributed by atoms with Crippen molar-refractivity contribution in [3.8, 4) is 5.75 Å². The van der Waals surface area contributed by atoms with Gasteiger partial charge in [-0.3, -0.25) is 9.59 Å². The minimum atomic E-state index is -0.311. The van der Waals surface area contributed by atoms with Crippen molar-refractivity contribution in [2.45, 2.75) is 6.42 Å². The van der Waals surface area contributed by atoms with Crippen molar-refractivity contribution in [2.75, 3.05) is 14.2 Å². The lowest BCUT2D eigenvalue weighted by Crippen LogP contribution is -2.02. The minimum absolute atomic E-state index is 0.0760. The van der Waals surface area contributed by atoms with Gasteiger partial charge in [-0.05, 0) is 23.6 Å². The molecule has 0 spiro atoms. The maximum absolute atomic E-state index is 12.3. The molecule has 4 nitrogen and oxygen atoms in total. The summed E-state index contributed by atoms with van der Waals surface area (Å²) in [5, 5.41) is 1.81. The van der Waals surface area contributed by atoms with E-state index in [1.54, 1.807) is 18.2 Å². The van der Waals surface area contributed by atoms with Crippen LogP contribution in [0.5, 0.6) is 5.75 Å². The van der Waals surface area contributed by atoms with Gasteiger partial charge in [0.2, 0.25) is 5.78 Å². The fourth-order valence-corrected chi connectivity index (χ4v) is 3.36. The predicted octanol–water partition coefficient (Wildman–Crippen LogP) is 2.76. The standard InChI is InChI=1S/C13H12O4S2/c1-16-9-5-6-18-13(9)12(15)10-4-3-8(19-10)7-11(14)17-2/h3-6H,7H2,1-2H3. The van der Waals surface area contributed by atoms with Gasteiger partial charge in [0.25, 0.3) is 0 Å². The van der Waals surface area contributed by atoms with Crippen LogP contribution < -0.4 is 4.74 Å². The van der Waals surface area contributed by atoms with E-state index in [4.69, 9.17) is 4.74 Å². The van der Waals surface area contributed by atoms with Crippen LogP contribution in [0.25, 0.3) is 0 Å². The van der Waals surface area contributed by atoms with Crippen molar-refractivity contribution in [1.82, 2.24) is 0 Å². The second kappa shape index (κ2) is 5.99. The average molecular weight is 296 g/mol. The quantitative estimate of drug-likeness (QED) is 0.629. The molecule has 0 bridgehead atoms. The molecule has 6 heteroatoms. The number of ether oxygens (including phenoxy) is 2. The molecule has 0 aliphatic heterocycles. The van der Waals surface area contributed by atoms with Crippen molar-refractivity contribution in [3.05, 3.63) is 38.2 Å². The Kier molecular flexibility index (Phi) is 4.34. The molecule has 0 saturated heterocycles. The summed E-state index contributed by atoms with van der Waals surface area (Å²) >= 11 is 2.65. The van der Waals surface area contributed by atoms with Crippen molar-refractivity contribution in [2.24, 2.45) is 0 Å². The molecule has 0 atom stereocenters. The molecular weight excluding hydrogens is 284 g/mol. The van der Waals surface area contributed by atoms with E-state index in [2.05, 4.69) is 4.74 Å². The van der Waals surface area contributed by atoms with Crippen LogP contribution in [0, 0.1) is 0 Å². The number of ketones is 1. The van der Waals surface area contributed by atoms with E-state index in [0.717, 1.165) is 4.88 Å². The zero-order valence-electron chi connectivity index (χ0n) is 10.5. The van der Waals surface area contributed by atoms with Crippen LogP contribution in [0.2, 0.25) is 0 Å². The third kappa shape index (κ3) is 3.02. The first-order chi connectivity index (χ1) is 9.15. The summed E-state index contributed by atoms with van der Waals surface area (Å²) < 4.78 is 9.73. The molecule has 0 unspecified atom stereocenters. The molecule has 0 radical (unpaired) electrons. The number of esters is 1. The highest BCUT2D eigenvalue weighted by molar-refractivity contribution is 7.17. The first kappa shape index (κ1) is 13.8. The van der Waals surface area contributed by atoms with Crippen LogP contribution in [0.15, 0.2) is 23.6 Å². The summed E-state index contributed by atoms with van der Waals surface area (Å²) in [6.07, 6.45) is 0.190. The van der Waals surface area contributed by atoms with Crippen molar-refractivity contribution in [1.29, 1.82) is 0 Å². The number of hydrogen-bond acceptors (Lipinski definition) is 6.